The third kappa shape index (κ3) is 3.22. The molecule has 0 aliphatic rings. The van der Waals surface area contributed by atoms with Gasteiger partial charge < -0.3 is 5.32 Å². The lowest BCUT2D eigenvalue weighted by atomic mass is 10.2. The van der Waals surface area contributed by atoms with Crippen LogP contribution in [0.3, 0.4) is 0 Å². The summed E-state index contributed by atoms with van der Waals surface area (Å²) in [6.07, 6.45) is 1.53. The first-order valence-electron chi connectivity index (χ1n) is 8.12. The molecule has 3 heterocycles. The molecule has 0 unspecified atom stereocenters. The van der Waals surface area contributed by atoms with Gasteiger partial charge in [0.1, 0.15) is 11.5 Å². The summed E-state index contributed by atoms with van der Waals surface area (Å²) in [5.41, 5.74) is 0.289. The fourth-order valence-corrected chi connectivity index (χ4v) is 3.37. The highest BCUT2D eigenvalue weighted by atomic mass is 32.1. The molecule has 3 aromatic heterocycles. The van der Waals surface area contributed by atoms with Crippen LogP contribution in [0.5, 0.6) is 0 Å². The van der Waals surface area contributed by atoms with Crippen molar-refractivity contribution in [2.75, 3.05) is 5.32 Å². The fourth-order valence-electron chi connectivity index (χ4n) is 2.62. The minimum Gasteiger partial charge on any atom is -0.310 e. The van der Waals surface area contributed by atoms with Gasteiger partial charge in [0.2, 0.25) is 10.9 Å². The SMILES string of the molecule is Cc1nn2c(NC(=O)CCn3cnc4ccccc4c3=O)csc2nc1=O. The first kappa shape index (κ1) is 17.0. The number of nitrogens with zero attached hydrogens (tertiary/aromatic N) is 5. The van der Waals surface area contributed by atoms with E-state index in [4.69, 9.17) is 0 Å². The largest absolute Gasteiger partial charge is 0.310 e. The number of fused-ring (bicyclic) bond motifs is 2. The first-order chi connectivity index (χ1) is 13.0. The van der Waals surface area contributed by atoms with E-state index >= 15 is 0 Å². The zero-order chi connectivity index (χ0) is 19.0. The maximum atomic E-state index is 12.4. The van der Waals surface area contributed by atoms with E-state index < -0.39 is 5.56 Å². The van der Waals surface area contributed by atoms with Gasteiger partial charge in [-0.1, -0.05) is 12.1 Å². The monoisotopic (exact) mass is 382 g/mol. The van der Waals surface area contributed by atoms with Gasteiger partial charge in [0.25, 0.3) is 11.1 Å². The zero-order valence-electron chi connectivity index (χ0n) is 14.2. The van der Waals surface area contributed by atoms with Crippen LogP contribution in [-0.4, -0.2) is 30.1 Å². The molecule has 0 radical (unpaired) electrons. The second kappa shape index (κ2) is 6.72. The third-order valence-electron chi connectivity index (χ3n) is 4.02. The third-order valence-corrected chi connectivity index (χ3v) is 4.84. The lowest BCUT2D eigenvalue weighted by molar-refractivity contribution is -0.116. The van der Waals surface area contributed by atoms with Gasteiger partial charge in [0, 0.05) is 18.3 Å². The summed E-state index contributed by atoms with van der Waals surface area (Å²) in [6, 6.07) is 7.07. The Morgan fingerprint density at radius 2 is 2.07 bits per heavy atom. The predicted molar refractivity (Wildman–Crippen MR) is 101 cm³/mol. The molecule has 1 aromatic carbocycles. The Morgan fingerprint density at radius 3 is 2.93 bits per heavy atom. The highest BCUT2D eigenvalue weighted by Crippen LogP contribution is 2.16. The number of anilines is 1. The summed E-state index contributed by atoms with van der Waals surface area (Å²) < 4.78 is 2.83. The van der Waals surface area contributed by atoms with Crippen LogP contribution in [0.15, 0.2) is 45.6 Å². The molecule has 4 aromatic rings. The second-order valence-electron chi connectivity index (χ2n) is 5.88. The standard InChI is InChI=1S/C17H14N6O3S/c1-10-15(25)20-17-23(21-10)13(8-27-17)19-14(24)6-7-22-9-18-12-5-3-2-4-11(12)16(22)26/h2-5,8-9H,6-7H2,1H3,(H,19,24). The van der Waals surface area contributed by atoms with Crippen LogP contribution in [-0.2, 0) is 11.3 Å². The van der Waals surface area contributed by atoms with Crippen molar-refractivity contribution in [1.82, 2.24) is 24.1 Å². The number of carbonyl (C=O) groups excluding carboxylic acids is 1. The van der Waals surface area contributed by atoms with Crippen LogP contribution in [0.1, 0.15) is 12.1 Å². The highest BCUT2D eigenvalue weighted by Gasteiger charge is 2.12. The van der Waals surface area contributed by atoms with Crippen LogP contribution in [0.2, 0.25) is 0 Å². The molecular formula is C17H14N6O3S. The van der Waals surface area contributed by atoms with Crippen molar-refractivity contribution in [2.45, 2.75) is 19.9 Å². The Kier molecular flexibility index (Phi) is 4.24. The summed E-state index contributed by atoms with van der Waals surface area (Å²) in [5.74, 6) is 0.146. The van der Waals surface area contributed by atoms with E-state index in [1.807, 2.05) is 6.07 Å². The number of thiazole rings is 1. The van der Waals surface area contributed by atoms with Gasteiger partial charge in [-0.15, -0.1) is 11.3 Å². The minimum absolute atomic E-state index is 0.0872. The maximum Gasteiger partial charge on any atom is 0.295 e. The van der Waals surface area contributed by atoms with Crippen LogP contribution in [0.4, 0.5) is 5.82 Å². The van der Waals surface area contributed by atoms with Gasteiger partial charge in [-0.25, -0.2) is 4.98 Å². The Labute approximate surface area is 155 Å². The van der Waals surface area contributed by atoms with Crippen LogP contribution in [0, 0.1) is 6.92 Å². The Morgan fingerprint density at radius 1 is 1.26 bits per heavy atom. The van der Waals surface area contributed by atoms with Crippen molar-refractivity contribution >= 4 is 38.9 Å². The molecule has 1 N–H and O–H groups in total. The van der Waals surface area contributed by atoms with Gasteiger partial charge >= 0.3 is 0 Å². The number of amides is 1. The van der Waals surface area contributed by atoms with E-state index in [2.05, 4.69) is 20.4 Å². The smallest absolute Gasteiger partial charge is 0.295 e. The summed E-state index contributed by atoms with van der Waals surface area (Å²) in [5, 5.41) is 9.04. The van der Waals surface area contributed by atoms with E-state index in [0.717, 1.165) is 0 Å². The maximum absolute atomic E-state index is 12.4. The van der Waals surface area contributed by atoms with Crippen molar-refractivity contribution in [1.29, 1.82) is 0 Å². The molecule has 27 heavy (non-hydrogen) atoms. The van der Waals surface area contributed by atoms with Crippen LogP contribution < -0.4 is 16.4 Å². The van der Waals surface area contributed by atoms with Crippen LogP contribution >= 0.6 is 11.3 Å². The molecule has 0 aliphatic carbocycles. The summed E-state index contributed by atoms with van der Waals surface area (Å²) in [4.78, 5) is 44.8. The van der Waals surface area contributed by atoms with Gasteiger partial charge in [0.15, 0.2) is 0 Å². The number of para-hydroxylation sites is 1. The average Bonchev–Trinajstić information content (AvgIpc) is 3.03. The van der Waals surface area contributed by atoms with Crippen molar-refractivity contribution in [3.63, 3.8) is 0 Å². The van der Waals surface area contributed by atoms with Gasteiger partial charge in [-0.2, -0.15) is 14.6 Å². The molecule has 4 rings (SSSR count). The molecule has 10 heteroatoms. The van der Waals surface area contributed by atoms with Crippen molar-refractivity contribution in [2.24, 2.45) is 0 Å². The van der Waals surface area contributed by atoms with Gasteiger partial charge in [0.05, 0.1) is 17.2 Å². The summed E-state index contributed by atoms with van der Waals surface area (Å²) in [7, 11) is 0. The summed E-state index contributed by atoms with van der Waals surface area (Å²) >= 11 is 1.21. The van der Waals surface area contributed by atoms with E-state index in [1.54, 1.807) is 30.5 Å². The number of rotatable bonds is 4. The van der Waals surface area contributed by atoms with Crippen LogP contribution in [0.25, 0.3) is 15.9 Å². The molecule has 0 saturated carbocycles. The number of nitrogens with one attached hydrogen (secondary N) is 1. The lowest BCUT2D eigenvalue weighted by Crippen LogP contribution is -2.24. The van der Waals surface area contributed by atoms with Gasteiger partial charge in [-0.3, -0.25) is 19.0 Å². The number of aryl methyl sites for hydroxylation is 2. The second-order valence-corrected chi connectivity index (χ2v) is 6.71. The highest BCUT2D eigenvalue weighted by molar-refractivity contribution is 7.15. The van der Waals surface area contributed by atoms with E-state index in [1.165, 1.54) is 26.7 Å². The topological polar surface area (TPSA) is 111 Å². The lowest BCUT2D eigenvalue weighted by Gasteiger charge is -2.07. The minimum atomic E-state index is -0.391. The Hall–Kier alpha value is -3.40. The first-order valence-corrected chi connectivity index (χ1v) is 9.00. The molecule has 0 aliphatic heterocycles. The molecule has 1 amide bonds. The normalized spacial score (nSPS) is 11.1. The van der Waals surface area contributed by atoms with Crippen molar-refractivity contribution < 1.29 is 4.79 Å². The van der Waals surface area contributed by atoms with E-state index in [-0.39, 0.29) is 30.1 Å². The average molecular weight is 382 g/mol. The molecule has 0 spiro atoms. The molecular weight excluding hydrogens is 368 g/mol. The number of hydrogen-bond acceptors (Lipinski definition) is 7. The van der Waals surface area contributed by atoms with Gasteiger partial charge in [-0.05, 0) is 19.1 Å². The zero-order valence-corrected chi connectivity index (χ0v) is 15.1. The molecule has 136 valence electrons. The van der Waals surface area contributed by atoms with E-state index in [9.17, 15) is 14.4 Å². The fraction of sp³-hybridized carbons (Fsp3) is 0.176. The summed E-state index contributed by atoms with van der Waals surface area (Å²) in [6.45, 7) is 1.76. The molecule has 9 nitrogen and oxygen atoms in total. The molecule has 0 saturated heterocycles. The molecule has 0 atom stereocenters. The number of carbonyl (C=O) groups is 1. The Balaban J connectivity index is 1.51. The molecule has 0 bridgehead atoms. The Bertz CT molecular complexity index is 1290. The van der Waals surface area contributed by atoms with Crippen molar-refractivity contribution in [3.05, 3.63) is 62.4 Å². The number of hydrogen-bond donors (Lipinski definition) is 1. The predicted octanol–water partition coefficient (Wildman–Crippen LogP) is 1.20. The van der Waals surface area contributed by atoms with E-state index in [0.29, 0.717) is 21.7 Å². The molecule has 0 fully saturated rings. The van der Waals surface area contributed by atoms with Crippen molar-refractivity contribution in [3.8, 4) is 0 Å². The quantitative estimate of drug-likeness (QED) is 0.568. The number of aromatic nitrogens is 5. The number of benzene rings is 1.